The van der Waals surface area contributed by atoms with Gasteiger partial charge in [-0.25, -0.2) is 0 Å². The van der Waals surface area contributed by atoms with E-state index in [0.29, 0.717) is 0 Å². The number of halogens is 1. The molecule has 1 N–H and O–H groups in total. The Labute approximate surface area is 93.2 Å². The van der Waals surface area contributed by atoms with Gasteiger partial charge in [-0.2, -0.15) is 0 Å². The zero-order valence-electron chi connectivity index (χ0n) is 8.46. The van der Waals surface area contributed by atoms with Gasteiger partial charge in [0.15, 0.2) is 0 Å². The molecule has 3 nitrogen and oxygen atoms in total. The van der Waals surface area contributed by atoms with E-state index in [1.165, 1.54) is 31.7 Å². The van der Waals surface area contributed by atoms with Crippen molar-refractivity contribution < 1.29 is 0 Å². The van der Waals surface area contributed by atoms with E-state index in [1.807, 2.05) is 0 Å². The van der Waals surface area contributed by atoms with Gasteiger partial charge in [0.05, 0.1) is 4.60 Å². The van der Waals surface area contributed by atoms with Crippen LogP contribution in [0, 0.1) is 0 Å². The van der Waals surface area contributed by atoms with Gasteiger partial charge >= 0.3 is 0 Å². The van der Waals surface area contributed by atoms with Crippen molar-refractivity contribution in [2.75, 3.05) is 33.2 Å². The second-order valence-electron chi connectivity index (χ2n) is 3.94. The Balaban J connectivity index is 1.86. The smallest absolute Gasteiger partial charge is 0.0823 e. The number of hydrogen-bond acceptors (Lipinski definition) is 2. The Morgan fingerprint density at radius 2 is 2.07 bits per heavy atom. The lowest BCUT2D eigenvalue weighted by Gasteiger charge is -2.32. The number of H-pyrrole nitrogens is 1. The van der Waals surface area contributed by atoms with Crippen LogP contribution in [0.4, 0.5) is 0 Å². The molecule has 1 saturated heterocycles. The van der Waals surface area contributed by atoms with Gasteiger partial charge in [-0.15, -0.1) is 0 Å². The van der Waals surface area contributed by atoms with Crippen molar-refractivity contribution in [3.8, 4) is 0 Å². The molecule has 4 heteroatoms. The Hall–Kier alpha value is -0.320. The molecule has 0 saturated carbocycles. The summed E-state index contributed by atoms with van der Waals surface area (Å²) in [5, 5.41) is 0. The normalized spacial score (nSPS) is 20.1. The average molecular weight is 258 g/mol. The molecule has 0 unspecified atom stereocenters. The first kappa shape index (κ1) is 10.2. The van der Waals surface area contributed by atoms with Crippen molar-refractivity contribution >= 4 is 15.9 Å². The minimum atomic E-state index is 1.07. The van der Waals surface area contributed by atoms with E-state index in [1.54, 1.807) is 0 Å². The van der Waals surface area contributed by atoms with Crippen molar-refractivity contribution in [1.29, 1.82) is 0 Å². The zero-order valence-corrected chi connectivity index (χ0v) is 10.0. The summed E-state index contributed by atoms with van der Waals surface area (Å²) in [7, 11) is 2.18. The first-order valence-corrected chi connectivity index (χ1v) is 5.77. The van der Waals surface area contributed by atoms with Gasteiger partial charge in [0.2, 0.25) is 0 Å². The SMILES string of the molecule is CN1CCN(Cc2c[nH]c(Br)c2)CC1. The van der Waals surface area contributed by atoms with Gasteiger partial charge in [-0.3, -0.25) is 4.90 Å². The number of nitrogens with one attached hydrogen (secondary N) is 1. The van der Waals surface area contributed by atoms with E-state index in [4.69, 9.17) is 0 Å². The molecule has 1 aliphatic heterocycles. The van der Waals surface area contributed by atoms with Crippen LogP contribution in [-0.4, -0.2) is 48.0 Å². The van der Waals surface area contributed by atoms with Gasteiger partial charge < -0.3 is 9.88 Å². The summed E-state index contributed by atoms with van der Waals surface area (Å²) in [6, 6.07) is 2.15. The van der Waals surface area contributed by atoms with Crippen molar-refractivity contribution in [3.05, 3.63) is 22.4 Å². The Kier molecular flexibility index (Phi) is 3.26. The second-order valence-corrected chi connectivity index (χ2v) is 4.79. The molecule has 2 heterocycles. The van der Waals surface area contributed by atoms with Crippen LogP contribution in [0.5, 0.6) is 0 Å². The van der Waals surface area contributed by atoms with E-state index in [2.05, 4.69) is 50.0 Å². The van der Waals surface area contributed by atoms with Crippen LogP contribution < -0.4 is 0 Å². The van der Waals surface area contributed by atoms with Crippen LogP contribution >= 0.6 is 15.9 Å². The van der Waals surface area contributed by atoms with Crippen molar-refractivity contribution in [2.24, 2.45) is 0 Å². The molecule has 0 bridgehead atoms. The van der Waals surface area contributed by atoms with E-state index in [0.717, 1.165) is 11.1 Å². The highest BCUT2D eigenvalue weighted by Gasteiger charge is 2.13. The van der Waals surface area contributed by atoms with Gasteiger partial charge in [0.1, 0.15) is 0 Å². The topological polar surface area (TPSA) is 22.3 Å². The third-order valence-electron chi connectivity index (χ3n) is 2.71. The van der Waals surface area contributed by atoms with Gasteiger partial charge in [-0.05, 0) is 34.6 Å². The van der Waals surface area contributed by atoms with Crippen LogP contribution in [0.3, 0.4) is 0 Å². The first-order chi connectivity index (χ1) is 6.74. The fourth-order valence-electron chi connectivity index (χ4n) is 1.76. The largest absolute Gasteiger partial charge is 0.356 e. The molecule has 0 aliphatic carbocycles. The Morgan fingerprint density at radius 3 is 2.64 bits per heavy atom. The van der Waals surface area contributed by atoms with Crippen molar-refractivity contribution in [2.45, 2.75) is 6.54 Å². The van der Waals surface area contributed by atoms with Crippen molar-refractivity contribution in [1.82, 2.24) is 14.8 Å². The molecule has 1 fully saturated rings. The van der Waals surface area contributed by atoms with Crippen LogP contribution in [0.25, 0.3) is 0 Å². The molecule has 0 spiro atoms. The molecule has 1 aliphatic rings. The summed E-state index contributed by atoms with van der Waals surface area (Å²) in [6.07, 6.45) is 2.07. The molecule has 78 valence electrons. The quantitative estimate of drug-likeness (QED) is 0.869. The number of aromatic amines is 1. The highest BCUT2D eigenvalue weighted by molar-refractivity contribution is 9.10. The number of piperazine rings is 1. The highest BCUT2D eigenvalue weighted by Crippen LogP contribution is 2.12. The summed E-state index contributed by atoms with van der Waals surface area (Å²) in [5.41, 5.74) is 1.36. The highest BCUT2D eigenvalue weighted by atomic mass is 79.9. The van der Waals surface area contributed by atoms with Crippen LogP contribution in [0.15, 0.2) is 16.9 Å². The predicted octanol–water partition coefficient (Wildman–Crippen LogP) is 1.52. The Morgan fingerprint density at radius 1 is 1.36 bits per heavy atom. The maximum absolute atomic E-state index is 3.42. The monoisotopic (exact) mass is 257 g/mol. The summed E-state index contributed by atoms with van der Waals surface area (Å²) >= 11 is 3.42. The summed E-state index contributed by atoms with van der Waals surface area (Å²) in [6.45, 7) is 5.80. The summed E-state index contributed by atoms with van der Waals surface area (Å²) in [4.78, 5) is 8.02. The predicted molar refractivity (Wildman–Crippen MR) is 61.3 cm³/mol. The number of hydrogen-bond donors (Lipinski definition) is 1. The third kappa shape index (κ3) is 2.59. The fourth-order valence-corrected chi connectivity index (χ4v) is 2.17. The number of aromatic nitrogens is 1. The molecule has 0 radical (unpaired) electrons. The van der Waals surface area contributed by atoms with Crippen LogP contribution in [0.2, 0.25) is 0 Å². The van der Waals surface area contributed by atoms with Gasteiger partial charge in [-0.1, -0.05) is 0 Å². The van der Waals surface area contributed by atoms with Gasteiger partial charge in [0, 0.05) is 38.9 Å². The maximum atomic E-state index is 3.42. The number of likely N-dealkylation sites (N-methyl/N-ethyl adjacent to an activating group) is 1. The minimum Gasteiger partial charge on any atom is -0.356 e. The van der Waals surface area contributed by atoms with E-state index < -0.39 is 0 Å². The van der Waals surface area contributed by atoms with Crippen molar-refractivity contribution in [3.63, 3.8) is 0 Å². The first-order valence-electron chi connectivity index (χ1n) is 4.98. The molecule has 14 heavy (non-hydrogen) atoms. The molecule has 1 aromatic heterocycles. The molecular formula is C10H16BrN3. The molecule has 0 aromatic carbocycles. The number of rotatable bonds is 2. The third-order valence-corrected chi connectivity index (χ3v) is 3.17. The van der Waals surface area contributed by atoms with Gasteiger partial charge in [0.25, 0.3) is 0 Å². The maximum Gasteiger partial charge on any atom is 0.0823 e. The lowest BCUT2D eigenvalue weighted by Crippen LogP contribution is -2.43. The van der Waals surface area contributed by atoms with Crippen LogP contribution in [-0.2, 0) is 6.54 Å². The van der Waals surface area contributed by atoms with E-state index in [9.17, 15) is 0 Å². The molecular weight excluding hydrogens is 242 g/mol. The molecule has 2 rings (SSSR count). The molecule has 0 atom stereocenters. The summed E-state index contributed by atoms with van der Waals surface area (Å²) < 4.78 is 1.07. The fraction of sp³-hybridized carbons (Fsp3) is 0.600. The van der Waals surface area contributed by atoms with E-state index >= 15 is 0 Å². The standard InChI is InChI=1S/C10H16BrN3/c1-13-2-4-14(5-3-13)8-9-6-10(11)12-7-9/h6-7,12H,2-5,8H2,1H3. The lowest BCUT2D eigenvalue weighted by molar-refractivity contribution is 0.148. The molecule has 1 aromatic rings. The van der Waals surface area contributed by atoms with Crippen LogP contribution in [0.1, 0.15) is 5.56 Å². The zero-order chi connectivity index (χ0) is 9.97. The number of nitrogens with zero attached hydrogens (tertiary/aromatic N) is 2. The Bertz CT molecular complexity index is 289. The second kappa shape index (κ2) is 4.47. The lowest BCUT2D eigenvalue weighted by atomic mass is 10.2. The van der Waals surface area contributed by atoms with E-state index in [-0.39, 0.29) is 0 Å². The average Bonchev–Trinajstić information content (AvgIpc) is 2.56. The minimum absolute atomic E-state index is 1.07. The molecule has 0 amide bonds. The summed E-state index contributed by atoms with van der Waals surface area (Å²) in [5.74, 6) is 0.